The fraction of sp³-hybridized carbons (Fsp3) is 0.385. The van der Waals surface area contributed by atoms with Gasteiger partial charge in [0, 0.05) is 37.1 Å². The highest BCUT2D eigenvalue weighted by Crippen LogP contribution is 2.16. The van der Waals surface area contributed by atoms with Crippen molar-refractivity contribution < 1.29 is 0 Å². The molecule has 100 valence electrons. The first-order valence-corrected chi connectivity index (χ1v) is 7.32. The van der Waals surface area contributed by atoms with E-state index < -0.39 is 0 Å². The van der Waals surface area contributed by atoms with Gasteiger partial charge in [0.05, 0.1) is 11.4 Å². The van der Waals surface area contributed by atoms with Crippen LogP contribution in [0.4, 0.5) is 0 Å². The minimum atomic E-state index is 0.864. The predicted molar refractivity (Wildman–Crippen MR) is 76.4 cm³/mol. The van der Waals surface area contributed by atoms with Crippen molar-refractivity contribution in [2.24, 2.45) is 0 Å². The zero-order valence-electron chi connectivity index (χ0n) is 10.9. The number of nitrogens with zero attached hydrogens (tertiary/aromatic N) is 4. The lowest BCUT2D eigenvalue weighted by Crippen LogP contribution is -2.18. The smallest absolute Gasteiger partial charge is 0.194 e. The average molecular weight is 275 g/mol. The summed E-state index contributed by atoms with van der Waals surface area (Å²) in [4.78, 5) is 5.61. The largest absolute Gasteiger partial charge is 0.311 e. The third-order valence-corrected chi connectivity index (χ3v) is 3.91. The van der Waals surface area contributed by atoms with Gasteiger partial charge in [0.15, 0.2) is 4.96 Å². The number of nitrogens with one attached hydrogen (secondary N) is 1. The highest BCUT2D eigenvalue weighted by atomic mass is 32.1. The Balaban J connectivity index is 1.49. The summed E-state index contributed by atoms with van der Waals surface area (Å²) in [5, 5.41) is 9.74. The quantitative estimate of drug-likeness (QED) is 0.701. The van der Waals surface area contributed by atoms with Crippen LogP contribution in [0.25, 0.3) is 4.96 Å². The lowest BCUT2D eigenvalue weighted by molar-refractivity contribution is 0.540. The molecular formula is C13H17N5S. The fourth-order valence-corrected chi connectivity index (χ4v) is 2.94. The van der Waals surface area contributed by atoms with Gasteiger partial charge in [0.1, 0.15) is 0 Å². The first kappa shape index (κ1) is 12.4. The van der Waals surface area contributed by atoms with E-state index in [1.165, 1.54) is 5.69 Å². The van der Waals surface area contributed by atoms with Gasteiger partial charge in [-0.15, -0.1) is 11.3 Å². The summed E-state index contributed by atoms with van der Waals surface area (Å²) in [5.41, 5.74) is 2.38. The van der Waals surface area contributed by atoms with E-state index in [1.807, 2.05) is 23.1 Å². The lowest BCUT2D eigenvalue weighted by Gasteiger charge is -2.05. The molecule has 3 aromatic heterocycles. The van der Waals surface area contributed by atoms with E-state index in [0.29, 0.717) is 0 Å². The van der Waals surface area contributed by atoms with Crippen LogP contribution in [0.3, 0.4) is 0 Å². The third kappa shape index (κ3) is 2.69. The van der Waals surface area contributed by atoms with Crippen molar-refractivity contribution in [1.82, 2.24) is 24.5 Å². The summed E-state index contributed by atoms with van der Waals surface area (Å²) in [6, 6.07) is 1.95. The number of hydrogen-bond acceptors (Lipinski definition) is 4. The van der Waals surface area contributed by atoms with Crippen molar-refractivity contribution in [3.05, 3.63) is 41.4 Å². The van der Waals surface area contributed by atoms with Crippen LogP contribution in [0, 0.1) is 6.92 Å². The Morgan fingerprint density at radius 3 is 3.16 bits per heavy atom. The van der Waals surface area contributed by atoms with Crippen LogP contribution in [0.5, 0.6) is 0 Å². The minimum absolute atomic E-state index is 0.864. The van der Waals surface area contributed by atoms with Crippen LogP contribution in [0.1, 0.15) is 17.8 Å². The van der Waals surface area contributed by atoms with E-state index >= 15 is 0 Å². The molecule has 0 radical (unpaired) electrons. The van der Waals surface area contributed by atoms with Crippen molar-refractivity contribution in [2.45, 2.75) is 26.4 Å². The van der Waals surface area contributed by atoms with Crippen LogP contribution in [0.15, 0.2) is 30.0 Å². The molecular weight excluding hydrogens is 258 g/mol. The van der Waals surface area contributed by atoms with Gasteiger partial charge < -0.3 is 5.32 Å². The molecule has 0 spiro atoms. The Morgan fingerprint density at radius 1 is 1.37 bits per heavy atom. The van der Waals surface area contributed by atoms with E-state index in [9.17, 15) is 0 Å². The summed E-state index contributed by atoms with van der Waals surface area (Å²) in [5.74, 6) is 0. The van der Waals surface area contributed by atoms with Gasteiger partial charge >= 0.3 is 0 Å². The Kier molecular flexibility index (Phi) is 3.61. The third-order valence-electron chi connectivity index (χ3n) is 3.15. The lowest BCUT2D eigenvalue weighted by atomic mass is 10.3. The van der Waals surface area contributed by atoms with Crippen molar-refractivity contribution in [3.63, 3.8) is 0 Å². The van der Waals surface area contributed by atoms with Crippen molar-refractivity contribution in [3.8, 4) is 0 Å². The number of aromatic nitrogens is 4. The van der Waals surface area contributed by atoms with E-state index in [1.54, 1.807) is 11.3 Å². The molecule has 0 saturated carbocycles. The first-order valence-electron chi connectivity index (χ1n) is 6.44. The molecule has 19 heavy (non-hydrogen) atoms. The molecule has 0 saturated heterocycles. The van der Waals surface area contributed by atoms with Gasteiger partial charge in [-0.25, -0.2) is 4.98 Å². The Bertz CT molecular complexity index is 637. The number of aryl methyl sites for hydroxylation is 2. The Labute approximate surface area is 115 Å². The van der Waals surface area contributed by atoms with Gasteiger partial charge in [-0.1, -0.05) is 0 Å². The number of hydrogen-bond donors (Lipinski definition) is 1. The fourth-order valence-electron chi connectivity index (χ4n) is 2.16. The van der Waals surface area contributed by atoms with Crippen molar-refractivity contribution in [1.29, 1.82) is 0 Å². The maximum Gasteiger partial charge on any atom is 0.194 e. The molecule has 0 aliphatic rings. The summed E-state index contributed by atoms with van der Waals surface area (Å²) >= 11 is 1.68. The predicted octanol–water partition coefficient (Wildman–Crippen LogP) is 2.08. The highest BCUT2D eigenvalue weighted by Gasteiger charge is 2.08. The van der Waals surface area contributed by atoms with Crippen molar-refractivity contribution >= 4 is 16.3 Å². The normalized spacial score (nSPS) is 11.4. The number of fused-ring (bicyclic) bond motifs is 1. The van der Waals surface area contributed by atoms with Gasteiger partial charge in [-0.05, 0) is 26.0 Å². The zero-order valence-corrected chi connectivity index (χ0v) is 11.7. The molecule has 0 aliphatic heterocycles. The van der Waals surface area contributed by atoms with E-state index in [2.05, 4.69) is 38.3 Å². The van der Waals surface area contributed by atoms with Crippen LogP contribution >= 0.6 is 11.3 Å². The average Bonchev–Trinajstić information content (AvgIpc) is 3.08. The molecule has 3 aromatic rings. The molecule has 0 atom stereocenters. The highest BCUT2D eigenvalue weighted by molar-refractivity contribution is 7.15. The van der Waals surface area contributed by atoms with Crippen molar-refractivity contribution in [2.75, 3.05) is 6.54 Å². The monoisotopic (exact) mass is 275 g/mol. The number of rotatable bonds is 6. The summed E-state index contributed by atoms with van der Waals surface area (Å²) in [6.45, 7) is 4.87. The molecule has 3 heterocycles. The van der Waals surface area contributed by atoms with Crippen LogP contribution in [-0.4, -0.2) is 25.7 Å². The Hall–Kier alpha value is -1.66. The second-order valence-electron chi connectivity index (χ2n) is 4.50. The molecule has 5 nitrogen and oxygen atoms in total. The molecule has 6 heteroatoms. The van der Waals surface area contributed by atoms with E-state index in [-0.39, 0.29) is 0 Å². The second kappa shape index (κ2) is 5.54. The molecule has 1 N–H and O–H groups in total. The standard InChI is InChI=1S/C13H17N5S/c1-11-12(18-8-9-19-13(18)16-11)10-14-4-2-6-17-7-3-5-15-17/h3,5,7-9,14H,2,4,6,10H2,1H3. The molecule has 0 bridgehead atoms. The summed E-state index contributed by atoms with van der Waals surface area (Å²) in [6.07, 6.45) is 6.97. The molecule has 0 aromatic carbocycles. The first-order chi connectivity index (χ1) is 9.34. The molecule has 0 amide bonds. The minimum Gasteiger partial charge on any atom is -0.311 e. The zero-order chi connectivity index (χ0) is 13.1. The maximum absolute atomic E-state index is 4.54. The van der Waals surface area contributed by atoms with Crippen LogP contribution in [-0.2, 0) is 13.1 Å². The van der Waals surface area contributed by atoms with Crippen LogP contribution < -0.4 is 5.32 Å². The SMILES string of the molecule is Cc1nc2sccn2c1CNCCCn1cccn1. The summed E-state index contributed by atoms with van der Waals surface area (Å²) < 4.78 is 4.13. The van der Waals surface area contributed by atoms with Crippen LogP contribution in [0.2, 0.25) is 0 Å². The van der Waals surface area contributed by atoms with Gasteiger partial charge in [-0.3, -0.25) is 9.08 Å². The topological polar surface area (TPSA) is 47.1 Å². The maximum atomic E-state index is 4.54. The number of thiazole rings is 1. The van der Waals surface area contributed by atoms with E-state index in [4.69, 9.17) is 0 Å². The number of imidazole rings is 1. The Morgan fingerprint density at radius 2 is 2.32 bits per heavy atom. The second-order valence-corrected chi connectivity index (χ2v) is 5.37. The molecule has 0 unspecified atom stereocenters. The van der Waals surface area contributed by atoms with Gasteiger partial charge in [-0.2, -0.15) is 5.10 Å². The summed E-state index contributed by atoms with van der Waals surface area (Å²) in [7, 11) is 0. The van der Waals surface area contributed by atoms with Gasteiger partial charge in [0.25, 0.3) is 0 Å². The van der Waals surface area contributed by atoms with Gasteiger partial charge in [0.2, 0.25) is 0 Å². The molecule has 0 fully saturated rings. The van der Waals surface area contributed by atoms with E-state index in [0.717, 1.165) is 36.7 Å². The molecule has 0 aliphatic carbocycles. The molecule has 3 rings (SSSR count).